The standard InChI is InChI=1S/C24H34N6O/c1-2-25-24(30-12-10-29(11-13-30)23-8-3-4-9-26-23)27-19-21-6-5-7-22(18-21)20-28-14-16-31-17-15-28/h3-9,18H,2,10-17,19-20H2,1H3,(H,25,27). The van der Waals surface area contributed by atoms with Crippen LogP contribution in [-0.2, 0) is 17.8 Å². The van der Waals surface area contributed by atoms with Crippen molar-refractivity contribution >= 4 is 11.8 Å². The number of pyridine rings is 1. The molecule has 0 amide bonds. The van der Waals surface area contributed by atoms with Gasteiger partial charge in [-0.3, -0.25) is 4.90 Å². The second kappa shape index (κ2) is 11.1. The van der Waals surface area contributed by atoms with Crippen LogP contribution in [0.1, 0.15) is 18.1 Å². The van der Waals surface area contributed by atoms with E-state index in [9.17, 15) is 0 Å². The van der Waals surface area contributed by atoms with Crippen molar-refractivity contribution in [2.24, 2.45) is 4.99 Å². The van der Waals surface area contributed by atoms with Crippen molar-refractivity contribution in [1.82, 2.24) is 20.1 Å². The minimum absolute atomic E-state index is 0.694. The molecule has 0 radical (unpaired) electrons. The minimum atomic E-state index is 0.694. The fourth-order valence-electron chi connectivity index (χ4n) is 4.12. The summed E-state index contributed by atoms with van der Waals surface area (Å²) in [6.45, 7) is 12.2. The van der Waals surface area contributed by atoms with Gasteiger partial charge in [0.1, 0.15) is 5.82 Å². The second-order valence-corrected chi connectivity index (χ2v) is 8.04. The summed E-state index contributed by atoms with van der Waals surface area (Å²) in [5, 5.41) is 3.48. The molecule has 0 aliphatic carbocycles. The molecule has 2 aliphatic heterocycles. The van der Waals surface area contributed by atoms with Gasteiger partial charge < -0.3 is 19.9 Å². The van der Waals surface area contributed by atoms with Gasteiger partial charge in [-0.15, -0.1) is 0 Å². The van der Waals surface area contributed by atoms with Crippen LogP contribution in [-0.4, -0.2) is 79.8 Å². The molecule has 4 rings (SSSR count). The lowest BCUT2D eigenvalue weighted by atomic mass is 10.1. The van der Waals surface area contributed by atoms with Gasteiger partial charge in [0.15, 0.2) is 5.96 Å². The molecule has 0 unspecified atom stereocenters. The SMILES string of the molecule is CCNC(=NCc1cccc(CN2CCOCC2)c1)N1CCN(c2ccccn2)CC1. The summed E-state index contributed by atoms with van der Waals surface area (Å²) in [5.74, 6) is 2.06. The second-order valence-electron chi connectivity index (χ2n) is 8.04. The summed E-state index contributed by atoms with van der Waals surface area (Å²) in [5.41, 5.74) is 2.61. The number of anilines is 1. The molecule has 31 heavy (non-hydrogen) atoms. The number of aliphatic imine (C=N–C) groups is 1. The van der Waals surface area contributed by atoms with Gasteiger partial charge in [-0.2, -0.15) is 0 Å². The van der Waals surface area contributed by atoms with Crippen molar-refractivity contribution in [2.75, 3.05) is 63.9 Å². The molecule has 1 aromatic heterocycles. The average molecular weight is 423 g/mol. The average Bonchev–Trinajstić information content (AvgIpc) is 2.83. The van der Waals surface area contributed by atoms with E-state index in [4.69, 9.17) is 9.73 Å². The van der Waals surface area contributed by atoms with Gasteiger partial charge in [0.05, 0.1) is 19.8 Å². The number of aromatic nitrogens is 1. The lowest BCUT2D eigenvalue weighted by molar-refractivity contribution is 0.0342. The van der Waals surface area contributed by atoms with Crippen LogP contribution in [0.4, 0.5) is 5.82 Å². The largest absolute Gasteiger partial charge is 0.379 e. The van der Waals surface area contributed by atoms with Gasteiger partial charge >= 0.3 is 0 Å². The van der Waals surface area contributed by atoms with E-state index >= 15 is 0 Å². The zero-order valence-electron chi connectivity index (χ0n) is 18.5. The number of ether oxygens (including phenoxy) is 1. The Hall–Kier alpha value is -2.64. The molecule has 2 aromatic rings. The minimum Gasteiger partial charge on any atom is -0.379 e. The van der Waals surface area contributed by atoms with Gasteiger partial charge in [-0.25, -0.2) is 9.98 Å². The highest BCUT2D eigenvalue weighted by atomic mass is 16.5. The number of nitrogens with zero attached hydrogens (tertiary/aromatic N) is 5. The molecule has 1 N–H and O–H groups in total. The Kier molecular flexibility index (Phi) is 7.74. The number of guanidine groups is 1. The number of benzene rings is 1. The predicted molar refractivity (Wildman–Crippen MR) is 125 cm³/mol. The van der Waals surface area contributed by atoms with Crippen molar-refractivity contribution in [1.29, 1.82) is 0 Å². The van der Waals surface area contributed by atoms with Crippen molar-refractivity contribution < 1.29 is 4.74 Å². The molecular formula is C24H34N6O. The molecule has 0 atom stereocenters. The Morgan fingerprint density at radius 3 is 2.55 bits per heavy atom. The number of nitrogens with one attached hydrogen (secondary N) is 1. The fraction of sp³-hybridized carbons (Fsp3) is 0.500. The molecule has 0 bridgehead atoms. The highest BCUT2D eigenvalue weighted by molar-refractivity contribution is 5.80. The zero-order chi connectivity index (χ0) is 21.3. The topological polar surface area (TPSA) is 56.2 Å². The normalized spacial score (nSPS) is 18.3. The van der Waals surface area contributed by atoms with E-state index in [1.807, 2.05) is 18.3 Å². The van der Waals surface area contributed by atoms with Crippen molar-refractivity contribution in [3.8, 4) is 0 Å². The van der Waals surface area contributed by atoms with Crippen LogP contribution < -0.4 is 10.2 Å². The maximum Gasteiger partial charge on any atom is 0.194 e. The van der Waals surface area contributed by atoms with Gasteiger partial charge in [-0.05, 0) is 30.2 Å². The summed E-state index contributed by atoms with van der Waals surface area (Å²) in [6, 6.07) is 14.9. The van der Waals surface area contributed by atoms with E-state index in [0.717, 1.165) is 77.3 Å². The summed E-state index contributed by atoms with van der Waals surface area (Å²) < 4.78 is 5.46. The van der Waals surface area contributed by atoms with E-state index < -0.39 is 0 Å². The third kappa shape index (κ3) is 6.18. The molecule has 7 heteroatoms. The van der Waals surface area contributed by atoms with Gasteiger partial charge in [-0.1, -0.05) is 30.3 Å². The first-order valence-corrected chi connectivity index (χ1v) is 11.4. The molecule has 2 fully saturated rings. The molecule has 166 valence electrons. The smallest absolute Gasteiger partial charge is 0.194 e. The maximum absolute atomic E-state index is 5.46. The summed E-state index contributed by atoms with van der Waals surface area (Å²) in [6.07, 6.45) is 1.86. The third-order valence-electron chi connectivity index (χ3n) is 5.80. The maximum atomic E-state index is 5.46. The highest BCUT2D eigenvalue weighted by Crippen LogP contribution is 2.14. The van der Waals surface area contributed by atoms with Crippen LogP contribution in [0.15, 0.2) is 53.7 Å². The van der Waals surface area contributed by atoms with Crippen molar-refractivity contribution in [3.63, 3.8) is 0 Å². The Balaban J connectivity index is 1.35. The predicted octanol–water partition coefficient (Wildman–Crippen LogP) is 2.20. The van der Waals surface area contributed by atoms with E-state index in [0.29, 0.717) is 6.54 Å². The Labute approximate surface area is 185 Å². The van der Waals surface area contributed by atoms with Crippen LogP contribution in [0.25, 0.3) is 0 Å². The number of rotatable bonds is 6. The first-order valence-electron chi connectivity index (χ1n) is 11.4. The molecular weight excluding hydrogens is 388 g/mol. The Bertz CT molecular complexity index is 829. The number of hydrogen-bond acceptors (Lipinski definition) is 5. The van der Waals surface area contributed by atoms with E-state index in [2.05, 4.69) is 62.3 Å². The Morgan fingerprint density at radius 2 is 1.81 bits per heavy atom. The number of morpholine rings is 1. The first-order chi connectivity index (χ1) is 15.3. The van der Waals surface area contributed by atoms with Crippen molar-refractivity contribution in [2.45, 2.75) is 20.0 Å². The van der Waals surface area contributed by atoms with Crippen LogP contribution in [0, 0.1) is 0 Å². The molecule has 0 saturated carbocycles. The van der Waals surface area contributed by atoms with Crippen molar-refractivity contribution in [3.05, 3.63) is 59.8 Å². The van der Waals surface area contributed by atoms with Crippen LogP contribution >= 0.6 is 0 Å². The summed E-state index contributed by atoms with van der Waals surface area (Å²) >= 11 is 0. The molecule has 2 saturated heterocycles. The Morgan fingerprint density at radius 1 is 1.00 bits per heavy atom. The van der Waals surface area contributed by atoms with E-state index in [1.165, 1.54) is 11.1 Å². The van der Waals surface area contributed by atoms with E-state index in [1.54, 1.807) is 0 Å². The van der Waals surface area contributed by atoms with Crippen LogP contribution in [0.2, 0.25) is 0 Å². The number of hydrogen-bond donors (Lipinski definition) is 1. The summed E-state index contributed by atoms with van der Waals surface area (Å²) in [7, 11) is 0. The molecule has 0 spiro atoms. The monoisotopic (exact) mass is 422 g/mol. The quantitative estimate of drug-likeness (QED) is 0.569. The van der Waals surface area contributed by atoms with E-state index in [-0.39, 0.29) is 0 Å². The molecule has 2 aliphatic rings. The lowest BCUT2D eigenvalue weighted by Crippen LogP contribution is -2.52. The van der Waals surface area contributed by atoms with Gasteiger partial charge in [0, 0.05) is 58.6 Å². The highest BCUT2D eigenvalue weighted by Gasteiger charge is 2.20. The molecule has 1 aromatic carbocycles. The molecule has 7 nitrogen and oxygen atoms in total. The van der Waals surface area contributed by atoms with Crippen LogP contribution in [0.3, 0.4) is 0 Å². The zero-order valence-corrected chi connectivity index (χ0v) is 18.5. The van der Waals surface area contributed by atoms with Gasteiger partial charge in [0.25, 0.3) is 0 Å². The van der Waals surface area contributed by atoms with Crippen LogP contribution in [0.5, 0.6) is 0 Å². The summed E-state index contributed by atoms with van der Waals surface area (Å²) in [4.78, 5) is 16.6. The lowest BCUT2D eigenvalue weighted by Gasteiger charge is -2.37. The number of piperazine rings is 1. The van der Waals surface area contributed by atoms with Gasteiger partial charge in [0.2, 0.25) is 0 Å². The third-order valence-corrected chi connectivity index (χ3v) is 5.80. The first kappa shape index (κ1) is 21.6. The fourth-order valence-corrected chi connectivity index (χ4v) is 4.12. The molecule has 3 heterocycles.